The highest BCUT2D eigenvalue weighted by Crippen LogP contribution is 2.31. The van der Waals surface area contributed by atoms with Crippen molar-refractivity contribution in [2.75, 3.05) is 13.1 Å². The number of aliphatic hydroxyl groups is 1. The third-order valence-corrected chi connectivity index (χ3v) is 2.89. The Morgan fingerprint density at radius 2 is 2.10 bits per heavy atom. The smallest absolute Gasteiger partial charge is 0.0580 e. The van der Waals surface area contributed by atoms with Gasteiger partial charge in [0.25, 0.3) is 0 Å². The molecular formula is C8H15NO. The first kappa shape index (κ1) is 6.62. The molecule has 2 bridgehead atoms. The first-order chi connectivity index (χ1) is 4.86. The zero-order valence-electron chi connectivity index (χ0n) is 6.21. The summed E-state index contributed by atoms with van der Waals surface area (Å²) in [5.41, 5.74) is 0. The van der Waals surface area contributed by atoms with Gasteiger partial charge < -0.3 is 10.4 Å². The minimum atomic E-state index is -0.0101. The standard InChI is InChI=1S/C8H15NO/c10-8-2-1-6-3-7(8)5-9-4-6/h6-10H,1-5H2. The van der Waals surface area contributed by atoms with Crippen LogP contribution in [0.2, 0.25) is 0 Å². The Morgan fingerprint density at radius 1 is 1.20 bits per heavy atom. The zero-order chi connectivity index (χ0) is 6.97. The van der Waals surface area contributed by atoms with Gasteiger partial charge in [-0.2, -0.15) is 0 Å². The van der Waals surface area contributed by atoms with Crippen LogP contribution in [0.15, 0.2) is 0 Å². The van der Waals surface area contributed by atoms with Crippen molar-refractivity contribution >= 4 is 0 Å². The number of hydrogen-bond donors (Lipinski definition) is 2. The van der Waals surface area contributed by atoms with Gasteiger partial charge in [0.05, 0.1) is 6.10 Å². The number of piperidine rings is 1. The Bertz CT molecular complexity index is 124. The summed E-state index contributed by atoms with van der Waals surface area (Å²) >= 11 is 0. The summed E-state index contributed by atoms with van der Waals surface area (Å²) in [7, 11) is 0. The van der Waals surface area contributed by atoms with E-state index in [2.05, 4.69) is 5.32 Å². The molecule has 1 saturated heterocycles. The summed E-state index contributed by atoms with van der Waals surface area (Å²) in [5, 5.41) is 12.8. The fourth-order valence-corrected chi connectivity index (χ4v) is 2.22. The molecule has 58 valence electrons. The average molecular weight is 141 g/mol. The number of aliphatic hydroxyl groups excluding tert-OH is 1. The van der Waals surface area contributed by atoms with Crippen LogP contribution in [-0.4, -0.2) is 24.3 Å². The van der Waals surface area contributed by atoms with Gasteiger partial charge in [0.15, 0.2) is 0 Å². The van der Waals surface area contributed by atoms with Crippen LogP contribution in [0.5, 0.6) is 0 Å². The molecule has 0 radical (unpaired) electrons. The highest BCUT2D eigenvalue weighted by Gasteiger charge is 2.31. The molecule has 1 aliphatic heterocycles. The van der Waals surface area contributed by atoms with Crippen LogP contribution in [0, 0.1) is 11.8 Å². The second kappa shape index (κ2) is 2.51. The summed E-state index contributed by atoms with van der Waals surface area (Å²) in [6.07, 6.45) is 3.51. The topological polar surface area (TPSA) is 32.3 Å². The van der Waals surface area contributed by atoms with E-state index in [1.54, 1.807) is 0 Å². The van der Waals surface area contributed by atoms with Crippen molar-refractivity contribution in [3.8, 4) is 0 Å². The maximum Gasteiger partial charge on any atom is 0.0580 e. The molecule has 2 heteroatoms. The molecule has 2 aliphatic rings. The molecule has 1 heterocycles. The molecule has 0 spiro atoms. The summed E-state index contributed by atoms with van der Waals surface area (Å²) in [5.74, 6) is 1.43. The van der Waals surface area contributed by atoms with Crippen molar-refractivity contribution in [3.05, 3.63) is 0 Å². The van der Waals surface area contributed by atoms with Crippen LogP contribution in [0.25, 0.3) is 0 Å². The number of nitrogens with one attached hydrogen (secondary N) is 1. The first-order valence-electron chi connectivity index (χ1n) is 4.25. The Hall–Kier alpha value is -0.0800. The zero-order valence-corrected chi connectivity index (χ0v) is 6.21. The SMILES string of the molecule is OC1CCC2CNCC1C2. The van der Waals surface area contributed by atoms with E-state index in [0.29, 0.717) is 5.92 Å². The van der Waals surface area contributed by atoms with E-state index in [0.717, 1.165) is 18.9 Å². The van der Waals surface area contributed by atoms with Gasteiger partial charge in [-0.05, 0) is 37.6 Å². The molecule has 3 unspecified atom stereocenters. The monoisotopic (exact) mass is 141 g/mol. The quantitative estimate of drug-likeness (QED) is 0.510. The molecule has 0 aromatic carbocycles. The predicted molar refractivity (Wildman–Crippen MR) is 39.7 cm³/mol. The molecule has 2 N–H and O–H groups in total. The maximum absolute atomic E-state index is 9.48. The lowest BCUT2D eigenvalue weighted by Gasteiger charge is -2.38. The molecular weight excluding hydrogens is 126 g/mol. The molecule has 2 fully saturated rings. The van der Waals surface area contributed by atoms with Gasteiger partial charge in [0.1, 0.15) is 0 Å². The maximum atomic E-state index is 9.48. The van der Waals surface area contributed by atoms with Crippen LogP contribution in [0.3, 0.4) is 0 Å². The Labute approximate surface area is 61.6 Å². The molecule has 3 atom stereocenters. The van der Waals surface area contributed by atoms with E-state index in [9.17, 15) is 5.11 Å². The summed E-state index contributed by atoms with van der Waals surface area (Å²) in [6, 6.07) is 0. The van der Waals surface area contributed by atoms with Crippen LogP contribution in [0.1, 0.15) is 19.3 Å². The summed E-state index contributed by atoms with van der Waals surface area (Å²) in [6.45, 7) is 2.22. The van der Waals surface area contributed by atoms with Crippen LogP contribution in [-0.2, 0) is 0 Å². The molecule has 2 nitrogen and oxygen atoms in total. The van der Waals surface area contributed by atoms with Crippen LogP contribution in [0.4, 0.5) is 0 Å². The summed E-state index contributed by atoms with van der Waals surface area (Å²) < 4.78 is 0. The van der Waals surface area contributed by atoms with E-state index in [4.69, 9.17) is 0 Å². The first-order valence-corrected chi connectivity index (χ1v) is 4.25. The van der Waals surface area contributed by atoms with Crippen molar-refractivity contribution in [1.29, 1.82) is 0 Å². The molecule has 10 heavy (non-hydrogen) atoms. The fraction of sp³-hybridized carbons (Fsp3) is 1.00. The molecule has 0 aromatic rings. The third-order valence-electron chi connectivity index (χ3n) is 2.89. The van der Waals surface area contributed by atoms with E-state index in [1.807, 2.05) is 0 Å². The van der Waals surface area contributed by atoms with Crippen LogP contribution < -0.4 is 5.32 Å². The molecule has 1 aliphatic carbocycles. The largest absolute Gasteiger partial charge is 0.393 e. The van der Waals surface area contributed by atoms with Gasteiger partial charge in [-0.25, -0.2) is 0 Å². The Balaban J connectivity index is 2.00. The van der Waals surface area contributed by atoms with Gasteiger partial charge in [-0.3, -0.25) is 0 Å². The third kappa shape index (κ3) is 1.06. The fourth-order valence-electron chi connectivity index (χ4n) is 2.22. The van der Waals surface area contributed by atoms with Gasteiger partial charge in [-0.1, -0.05) is 0 Å². The second-order valence-electron chi connectivity index (χ2n) is 3.66. The van der Waals surface area contributed by atoms with E-state index in [1.165, 1.54) is 19.4 Å². The minimum absolute atomic E-state index is 0.0101. The lowest BCUT2D eigenvalue weighted by atomic mass is 9.77. The van der Waals surface area contributed by atoms with Gasteiger partial charge in [-0.15, -0.1) is 0 Å². The number of rotatable bonds is 0. The van der Waals surface area contributed by atoms with Crippen molar-refractivity contribution in [2.24, 2.45) is 11.8 Å². The van der Waals surface area contributed by atoms with Crippen molar-refractivity contribution < 1.29 is 5.11 Å². The van der Waals surface area contributed by atoms with E-state index < -0.39 is 0 Å². The van der Waals surface area contributed by atoms with E-state index in [-0.39, 0.29) is 6.10 Å². The van der Waals surface area contributed by atoms with Crippen molar-refractivity contribution in [3.63, 3.8) is 0 Å². The highest BCUT2D eigenvalue weighted by molar-refractivity contribution is 4.85. The highest BCUT2D eigenvalue weighted by atomic mass is 16.3. The second-order valence-corrected chi connectivity index (χ2v) is 3.66. The Kier molecular flexibility index (Phi) is 1.66. The van der Waals surface area contributed by atoms with Gasteiger partial charge in [0, 0.05) is 6.54 Å². The van der Waals surface area contributed by atoms with Crippen LogP contribution >= 0.6 is 0 Å². The predicted octanol–water partition coefficient (Wildman–Crippen LogP) is 0.367. The lowest BCUT2D eigenvalue weighted by molar-refractivity contribution is 0.0314. The van der Waals surface area contributed by atoms with Crippen molar-refractivity contribution in [1.82, 2.24) is 5.32 Å². The molecule has 1 saturated carbocycles. The Morgan fingerprint density at radius 3 is 2.90 bits per heavy atom. The van der Waals surface area contributed by atoms with Gasteiger partial charge >= 0.3 is 0 Å². The van der Waals surface area contributed by atoms with Gasteiger partial charge in [0.2, 0.25) is 0 Å². The molecule has 0 amide bonds. The molecule has 0 aromatic heterocycles. The number of hydrogen-bond acceptors (Lipinski definition) is 2. The van der Waals surface area contributed by atoms with E-state index >= 15 is 0 Å². The minimum Gasteiger partial charge on any atom is -0.393 e. The van der Waals surface area contributed by atoms with Crippen molar-refractivity contribution in [2.45, 2.75) is 25.4 Å². The number of fused-ring (bicyclic) bond motifs is 2. The molecule has 2 rings (SSSR count). The summed E-state index contributed by atoms with van der Waals surface area (Å²) in [4.78, 5) is 0. The average Bonchev–Trinajstić information content (AvgIpc) is 1.99. The lowest BCUT2D eigenvalue weighted by Crippen LogP contribution is -2.45. The normalized spacial score (nSPS) is 47.1.